The topological polar surface area (TPSA) is 76.7 Å². The van der Waals surface area contributed by atoms with E-state index >= 15 is 0 Å². The normalized spacial score (nSPS) is 10.2. The number of rotatable bonds is 9. The number of hydrogen-bond donors (Lipinski definition) is 2. The van der Waals surface area contributed by atoms with Gasteiger partial charge in [0.25, 0.3) is 5.91 Å². The molecule has 0 heterocycles. The Balaban J connectivity index is 1.87. The molecule has 2 rings (SSSR count). The molecule has 26 heavy (non-hydrogen) atoms. The molecule has 0 saturated heterocycles. The predicted octanol–water partition coefficient (Wildman–Crippen LogP) is 2.64. The number of anilines is 1. The third-order valence-electron chi connectivity index (χ3n) is 3.80. The van der Waals surface area contributed by atoms with Gasteiger partial charge in [-0.05, 0) is 48.4 Å². The van der Waals surface area contributed by atoms with Gasteiger partial charge in [-0.3, -0.25) is 9.59 Å². The van der Waals surface area contributed by atoms with Gasteiger partial charge in [-0.25, -0.2) is 0 Å². The summed E-state index contributed by atoms with van der Waals surface area (Å²) < 4.78 is 10.4. The van der Waals surface area contributed by atoms with Crippen LogP contribution in [0.5, 0.6) is 5.75 Å². The van der Waals surface area contributed by atoms with Gasteiger partial charge in [0.05, 0.1) is 6.61 Å². The Morgan fingerprint density at radius 1 is 0.962 bits per heavy atom. The molecule has 0 radical (unpaired) electrons. The molecule has 2 aromatic carbocycles. The number of carbonyl (C=O) groups excluding carboxylic acids is 2. The molecule has 0 aliphatic rings. The maximum absolute atomic E-state index is 12.3. The molecular weight excluding hydrogens is 332 g/mol. The molecule has 0 unspecified atom stereocenters. The average Bonchev–Trinajstić information content (AvgIpc) is 2.68. The van der Waals surface area contributed by atoms with E-state index in [1.165, 1.54) is 0 Å². The minimum atomic E-state index is -0.188. The first-order chi connectivity index (χ1) is 12.6. The summed E-state index contributed by atoms with van der Waals surface area (Å²) in [6, 6.07) is 14.4. The van der Waals surface area contributed by atoms with Crippen LogP contribution in [0.1, 0.15) is 22.3 Å². The first-order valence-corrected chi connectivity index (χ1v) is 8.45. The Morgan fingerprint density at radius 3 is 2.27 bits per heavy atom. The van der Waals surface area contributed by atoms with Gasteiger partial charge in [-0.15, -0.1) is 0 Å². The van der Waals surface area contributed by atoms with Gasteiger partial charge in [0.2, 0.25) is 5.91 Å². The molecular formula is C20H24N2O4. The number of nitrogens with one attached hydrogen (secondary N) is 2. The molecule has 2 aromatic rings. The summed E-state index contributed by atoms with van der Waals surface area (Å²) in [7, 11) is 3.24. The van der Waals surface area contributed by atoms with Crippen molar-refractivity contribution < 1.29 is 19.1 Å². The van der Waals surface area contributed by atoms with Crippen molar-refractivity contribution in [3.8, 4) is 5.75 Å². The zero-order chi connectivity index (χ0) is 18.8. The van der Waals surface area contributed by atoms with Crippen molar-refractivity contribution in [1.82, 2.24) is 5.32 Å². The Hall–Kier alpha value is -2.86. The van der Waals surface area contributed by atoms with Crippen molar-refractivity contribution in [1.29, 1.82) is 0 Å². The van der Waals surface area contributed by atoms with Gasteiger partial charge in [-0.1, -0.05) is 12.1 Å². The van der Waals surface area contributed by atoms with Crippen molar-refractivity contribution in [2.45, 2.75) is 12.8 Å². The highest BCUT2D eigenvalue weighted by Gasteiger charge is 2.07. The van der Waals surface area contributed by atoms with Crippen molar-refractivity contribution in [3.63, 3.8) is 0 Å². The van der Waals surface area contributed by atoms with Crippen LogP contribution in [0.15, 0.2) is 48.5 Å². The highest BCUT2D eigenvalue weighted by Crippen LogP contribution is 2.15. The van der Waals surface area contributed by atoms with Crippen LogP contribution in [0.4, 0.5) is 5.69 Å². The zero-order valence-corrected chi connectivity index (χ0v) is 15.1. The minimum Gasteiger partial charge on any atom is -0.491 e. The monoisotopic (exact) mass is 356 g/mol. The molecule has 0 spiro atoms. The third-order valence-corrected chi connectivity index (χ3v) is 3.80. The van der Waals surface area contributed by atoms with E-state index in [1.807, 2.05) is 24.3 Å². The van der Waals surface area contributed by atoms with E-state index < -0.39 is 0 Å². The third kappa shape index (κ3) is 6.22. The maximum atomic E-state index is 12.3. The number of benzene rings is 2. The van der Waals surface area contributed by atoms with E-state index in [0.717, 1.165) is 5.56 Å². The SMILES string of the molecule is CNC(=O)CCc1ccc(NC(=O)c2ccc(OCCOC)cc2)cc1. The van der Waals surface area contributed by atoms with E-state index in [4.69, 9.17) is 9.47 Å². The number of methoxy groups -OCH3 is 1. The number of amides is 2. The summed E-state index contributed by atoms with van der Waals surface area (Å²) in [5.74, 6) is 0.516. The number of carbonyl (C=O) groups is 2. The van der Waals surface area contributed by atoms with Crippen LogP contribution in [-0.2, 0) is 16.0 Å². The molecule has 0 fully saturated rings. The van der Waals surface area contributed by atoms with Gasteiger partial charge in [0.15, 0.2) is 0 Å². The maximum Gasteiger partial charge on any atom is 0.255 e. The largest absolute Gasteiger partial charge is 0.491 e. The molecule has 6 heteroatoms. The Labute approximate surface area is 153 Å². The lowest BCUT2D eigenvalue weighted by molar-refractivity contribution is -0.120. The molecule has 0 aliphatic heterocycles. The summed E-state index contributed by atoms with van der Waals surface area (Å²) in [6.45, 7) is 0.982. The van der Waals surface area contributed by atoms with E-state index in [2.05, 4.69) is 10.6 Å². The first kappa shape index (κ1) is 19.5. The van der Waals surface area contributed by atoms with E-state index in [1.54, 1.807) is 38.4 Å². The zero-order valence-electron chi connectivity index (χ0n) is 15.1. The Bertz CT molecular complexity index is 712. The van der Waals surface area contributed by atoms with E-state index in [0.29, 0.717) is 43.1 Å². The van der Waals surface area contributed by atoms with Crippen molar-refractivity contribution in [2.75, 3.05) is 32.7 Å². The van der Waals surface area contributed by atoms with Crippen LogP contribution in [-0.4, -0.2) is 39.2 Å². The molecule has 0 aliphatic carbocycles. The van der Waals surface area contributed by atoms with Crippen LogP contribution in [0.25, 0.3) is 0 Å². The van der Waals surface area contributed by atoms with Crippen LogP contribution in [0.3, 0.4) is 0 Å². The summed E-state index contributed by atoms with van der Waals surface area (Å²) in [4.78, 5) is 23.6. The number of hydrogen-bond acceptors (Lipinski definition) is 4. The molecule has 0 bridgehead atoms. The lowest BCUT2D eigenvalue weighted by Crippen LogP contribution is -2.17. The van der Waals surface area contributed by atoms with Gasteiger partial charge >= 0.3 is 0 Å². The first-order valence-electron chi connectivity index (χ1n) is 8.45. The molecule has 138 valence electrons. The number of aryl methyl sites for hydroxylation is 1. The predicted molar refractivity (Wildman–Crippen MR) is 101 cm³/mol. The van der Waals surface area contributed by atoms with Crippen LogP contribution in [0.2, 0.25) is 0 Å². The molecule has 2 amide bonds. The van der Waals surface area contributed by atoms with Gasteiger partial charge in [0, 0.05) is 31.8 Å². The lowest BCUT2D eigenvalue weighted by Gasteiger charge is -2.08. The second-order valence-electron chi connectivity index (χ2n) is 5.69. The van der Waals surface area contributed by atoms with Crippen molar-refractivity contribution in [2.24, 2.45) is 0 Å². The van der Waals surface area contributed by atoms with Crippen molar-refractivity contribution >= 4 is 17.5 Å². The summed E-state index contributed by atoms with van der Waals surface area (Å²) in [6.07, 6.45) is 1.11. The summed E-state index contributed by atoms with van der Waals surface area (Å²) in [5.41, 5.74) is 2.30. The van der Waals surface area contributed by atoms with Crippen LogP contribution < -0.4 is 15.4 Å². The number of ether oxygens (including phenoxy) is 2. The second-order valence-corrected chi connectivity index (χ2v) is 5.69. The highest BCUT2D eigenvalue weighted by atomic mass is 16.5. The van der Waals surface area contributed by atoms with Crippen LogP contribution in [0, 0.1) is 0 Å². The fourth-order valence-corrected chi connectivity index (χ4v) is 2.29. The lowest BCUT2D eigenvalue weighted by atomic mass is 10.1. The Kier molecular flexibility index (Phi) is 7.64. The molecule has 0 aromatic heterocycles. The smallest absolute Gasteiger partial charge is 0.255 e. The van der Waals surface area contributed by atoms with Gasteiger partial charge in [-0.2, -0.15) is 0 Å². The summed E-state index contributed by atoms with van der Waals surface area (Å²) >= 11 is 0. The fraction of sp³-hybridized carbons (Fsp3) is 0.300. The summed E-state index contributed by atoms with van der Waals surface area (Å²) in [5, 5.41) is 5.45. The quantitative estimate of drug-likeness (QED) is 0.677. The molecule has 2 N–H and O–H groups in total. The Morgan fingerprint density at radius 2 is 1.65 bits per heavy atom. The molecule has 0 atom stereocenters. The second kappa shape index (κ2) is 10.2. The van der Waals surface area contributed by atoms with Crippen LogP contribution >= 0.6 is 0 Å². The average molecular weight is 356 g/mol. The molecule has 6 nitrogen and oxygen atoms in total. The van der Waals surface area contributed by atoms with Gasteiger partial charge < -0.3 is 20.1 Å². The van der Waals surface area contributed by atoms with Crippen molar-refractivity contribution in [3.05, 3.63) is 59.7 Å². The van der Waals surface area contributed by atoms with E-state index in [9.17, 15) is 9.59 Å². The standard InChI is InChI=1S/C20H24N2O4/c1-21-19(23)12-5-15-3-8-17(9-4-15)22-20(24)16-6-10-18(11-7-16)26-14-13-25-2/h3-4,6-11H,5,12-14H2,1-2H3,(H,21,23)(H,22,24). The van der Waals surface area contributed by atoms with E-state index in [-0.39, 0.29) is 11.8 Å². The highest BCUT2D eigenvalue weighted by molar-refractivity contribution is 6.04. The fourth-order valence-electron chi connectivity index (χ4n) is 2.29. The minimum absolute atomic E-state index is 0.0111. The van der Waals surface area contributed by atoms with Gasteiger partial charge in [0.1, 0.15) is 12.4 Å². The molecule has 0 saturated carbocycles.